The number of hydrogen-bond acceptors (Lipinski definition) is 4. The number of methoxy groups -OCH3 is 2. The highest BCUT2D eigenvalue weighted by Gasteiger charge is 2.26. The molecular weight excluding hydrogens is 368 g/mol. The Morgan fingerprint density at radius 1 is 1.11 bits per heavy atom. The van der Waals surface area contributed by atoms with Crippen LogP contribution in [0.25, 0.3) is 0 Å². The summed E-state index contributed by atoms with van der Waals surface area (Å²) in [6.07, 6.45) is 1.34. The van der Waals surface area contributed by atoms with E-state index in [-0.39, 0.29) is 18.6 Å². The zero-order chi connectivity index (χ0) is 20.1. The molecule has 2 aromatic rings. The molecule has 0 spiro atoms. The van der Waals surface area contributed by atoms with Crippen LogP contribution in [0.1, 0.15) is 28.8 Å². The summed E-state index contributed by atoms with van der Waals surface area (Å²) in [5, 5.41) is 0. The number of nitrogens with zero attached hydrogens (tertiary/aromatic N) is 1. The van der Waals surface area contributed by atoms with Crippen LogP contribution < -0.4 is 9.47 Å². The van der Waals surface area contributed by atoms with Crippen molar-refractivity contribution in [1.82, 2.24) is 4.90 Å². The van der Waals surface area contributed by atoms with Crippen LogP contribution in [0.15, 0.2) is 36.4 Å². The van der Waals surface area contributed by atoms with E-state index in [0.717, 1.165) is 18.9 Å². The highest BCUT2D eigenvalue weighted by atomic mass is 19.1. The van der Waals surface area contributed by atoms with Gasteiger partial charge in [0.25, 0.3) is 5.91 Å². The summed E-state index contributed by atoms with van der Waals surface area (Å²) in [5.41, 5.74) is 0.767. The Morgan fingerprint density at radius 3 is 2.46 bits per heavy atom. The zero-order valence-corrected chi connectivity index (χ0v) is 15.9. The molecule has 1 atom stereocenters. The minimum Gasteiger partial charge on any atom is -0.497 e. The molecule has 0 unspecified atom stereocenters. The van der Waals surface area contributed by atoms with Crippen molar-refractivity contribution in [3.05, 3.63) is 59.2 Å². The van der Waals surface area contributed by atoms with E-state index in [1.54, 1.807) is 23.1 Å². The van der Waals surface area contributed by atoms with E-state index in [0.29, 0.717) is 35.7 Å². The van der Waals surface area contributed by atoms with Gasteiger partial charge in [0.15, 0.2) is 0 Å². The SMILES string of the molecule is COc1cc(OC)cc(C(=O)N2CCC[C@@H](OCc3ccc(F)cc3F)C2)c1. The molecule has 1 amide bonds. The van der Waals surface area contributed by atoms with Gasteiger partial charge in [0, 0.05) is 36.3 Å². The van der Waals surface area contributed by atoms with Gasteiger partial charge in [-0.25, -0.2) is 8.78 Å². The standard InChI is InChI=1S/C21H23F2NO4/c1-26-18-8-15(9-19(11-18)27-2)21(25)24-7-3-4-17(12-24)28-13-14-5-6-16(22)10-20(14)23/h5-6,8-11,17H,3-4,7,12-13H2,1-2H3/t17-/m1/s1. The largest absolute Gasteiger partial charge is 0.497 e. The van der Waals surface area contributed by atoms with Crippen molar-refractivity contribution < 1.29 is 27.8 Å². The van der Waals surface area contributed by atoms with Gasteiger partial charge in [0.1, 0.15) is 23.1 Å². The van der Waals surface area contributed by atoms with E-state index >= 15 is 0 Å². The Kier molecular flexibility index (Phi) is 6.46. The topological polar surface area (TPSA) is 48.0 Å². The third-order valence-corrected chi connectivity index (χ3v) is 4.75. The smallest absolute Gasteiger partial charge is 0.254 e. The second-order valence-electron chi connectivity index (χ2n) is 6.66. The number of rotatable bonds is 6. The van der Waals surface area contributed by atoms with Crippen molar-refractivity contribution in [2.24, 2.45) is 0 Å². The molecular formula is C21H23F2NO4. The van der Waals surface area contributed by atoms with Crippen molar-refractivity contribution in [2.75, 3.05) is 27.3 Å². The number of piperidine rings is 1. The molecule has 28 heavy (non-hydrogen) atoms. The lowest BCUT2D eigenvalue weighted by Crippen LogP contribution is -2.43. The Bertz CT molecular complexity index is 821. The lowest BCUT2D eigenvalue weighted by Gasteiger charge is -2.33. The molecule has 1 fully saturated rings. The van der Waals surface area contributed by atoms with Gasteiger partial charge in [-0.15, -0.1) is 0 Å². The van der Waals surface area contributed by atoms with Crippen LogP contribution >= 0.6 is 0 Å². The molecule has 0 saturated carbocycles. The molecule has 0 radical (unpaired) electrons. The number of hydrogen-bond donors (Lipinski definition) is 0. The summed E-state index contributed by atoms with van der Waals surface area (Å²) in [6.45, 7) is 1.05. The van der Waals surface area contributed by atoms with Gasteiger partial charge in [-0.2, -0.15) is 0 Å². The van der Waals surface area contributed by atoms with Crippen molar-refractivity contribution in [3.8, 4) is 11.5 Å². The van der Waals surface area contributed by atoms with E-state index in [4.69, 9.17) is 14.2 Å². The predicted octanol–water partition coefficient (Wildman–Crippen LogP) is 3.80. The predicted molar refractivity (Wildman–Crippen MR) is 99.6 cm³/mol. The molecule has 2 aromatic carbocycles. The van der Waals surface area contributed by atoms with Crippen LogP contribution in [0.5, 0.6) is 11.5 Å². The lowest BCUT2D eigenvalue weighted by atomic mass is 10.1. The maximum atomic E-state index is 13.8. The molecule has 1 aliphatic rings. The molecule has 0 N–H and O–H groups in total. The lowest BCUT2D eigenvalue weighted by molar-refractivity contribution is -0.00765. The molecule has 7 heteroatoms. The Labute approximate surface area is 162 Å². The second-order valence-corrected chi connectivity index (χ2v) is 6.66. The van der Waals surface area contributed by atoms with E-state index in [1.165, 1.54) is 26.4 Å². The molecule has 1 heterocycles. The Hall–Kier alpha value is -2.67. The van der Waals surface area contributed by atoms with Gasteiger partial charge in [0.05, 0.1) is 26.9 Å². The molecule has 150 valence electrons. The van der Waals surface area contributed by atoms with Crippen LogP contribution in [0.4, 0.5) is 8.78 Å². The average molecular weight is 391 g/mol. The highest BCUT2D eigenvalue weighted by Crippen LogP contribution is 2.25. The number of ether oxygens (including phenoxy) is 3. The molecule has 5 nitrogen and oxygen atoms in total. The number of carbonyl (C=O) groups excluding carboxylic acids is 1. The van der Waals surface area contributed by atoms with Crippen LogP contribution in [-0.2, 0) is 11.3 Å². The van der Waals surface area contributed by atoms with Crippen LogP contribution in [-0.4, -0.2) is 44.2 Å². The fourth-order valence-electron chi connectivity index (χ4n) is 3.22. The zero-order valence-electron chi connectivity index (χ0n) is 15.9. The summed E-state index contributed by atoms with van der Waals surface area (Å²) in [4.78, 5) is 14.6. The third-order valence-electron chi connectivity index (χ3n) is 4.75. The summed E-state index contributed by atoms with van der Waals surface area (Å²) in [7, 11) is 3.06. The first-order valence-electron chi connectivity index (χ1n) is 9.08. The number of amides is 1. The van der Waals surface area contributed by atoms with E-state index in [1.807, 2.05) is 0 Å². The van der Waals surface area contributed by atoms with Gasteiger partial charge < -0.3 is 19.1 Å². The number of halogens is 2. The Balaban J connectivity index is 1.65. The maximum Gasteiger partial charge on any atom is 0.254 e. The summed E-state index contributed by atoms with van der Waals surface area (Å²) >= 11 is 0. The Morgan fingerprint density at radius 2 is 1.82 bits per heavy atom. The summed E-state index contributed by atoms with van der Waals surface area (Å²) < 4.78 is 43.0. The van der Waals surface area contributed by atoms with Crippen molar-refractivity contribution in [3.63, 3.8) is 0 Å². The third kappa shape index (κ3) is 4.78. The van der Waals surface area contributed by atoms with Crippen LogP contribution in [0, 0.1) is 11.6 Å². The minimum absolute atomic E-state index is 0.0335. The van der Waals surface area contributed by atoms with Crippen molar-refractivity contribution in [2.45, 2.75) is 25.6 Å². The van der Waals surface area contributed by atoms with Crippen molar-refractivity contribution >= 4 is 5.91 Å². The second kappa shape index (κ2) is 9.01. The first-order chi connectivity index (χ1) is 13.5. The molecule has 0 bridgehead atoms. The number of carbonyl (C=O) groups is 1. The van der Waals surface area contributed by atoms with E-state index < -0.39 is 11.6 Å². The summed E-state index contributed by atoms with van der Waals surface area (Å²) in [6, 6.07) is 8.46. The first kappa shape index (κ1) is 20.1. The maximum absolute atomic E-state index is 13.8. The van der Waals surface area contributed by atoms with Gasteiger partial charge in [-0.1, -0.05) is 6.07 Å². The van der Waals surface area contributed by atoms with E-state index in [9.17, 15) is 13.6 Å². The quantitative estimate of drug-likeness (QED) is 0.752. The normalized spacial score (nSPS) is 16.7. The molecule has 1 aliphatic heterocycles. The van der Waals surface area contributed by atoms with Crippen LogP contribution in [0.2, 0.25) is 0 Å². The highest BCUT2D eigenvalue weighted by molar-refractivity contribution is 5.95. The fourth-order valence-corrected chi connectivity index (χ4v) is 3.22. The van der Waals surface area contributed by atoms with Crippen LogP contribution in [0.3, 0.4) is 0 Å². The van der Waals surface area contributed by atoms with Gasteiger partial charge in [-0.05, 0) is 31.0 Å². The van der Waals surface area contributed by atoms with E-state index in [2.05, 4.69) is 0 Å². The average Bonchev–Trinajstić information content (AvgIpc) is 2.72. The molecule has 0 aromatic heterocycles. The van der Waals surface area contributed by atoms with Gasteiger partial charge in [0.2, 0.25) is 0 Å². The fraction of sp³-hybridized carbons (Fsp3) is 0.381. The number of likely N-dealkylation sites (tertiary alicyclic amines) is 1. The van der Waals surface area contributed by atoms with Gasteiger partial charge >= 0.3 is 0 Å². The summed E-state index contributed by atoms with van der Waals surface area (Å²) in [5.74, 6) is -0.311. The number of benzene rings is 2. The molecule has 1 saturated heterocycles. The molecule has 0 aliphatic carbocycles. The molecule has 3 rings (SSSR count). The monoisotopic (exact) mass is 391 g/mol. The van der Waals surface area contributed by atoms with Crippen molar-refractivity contribution in [1.29, 1.82) is 0 Å². The minimum atomic E-state index is -0.632. The van der Waals surface area contributed by atoms with Gasteiger partial charge in [-0.3, -0.25) is 4.79 Å². The first-order valence-corrected chi connectivity index (χ1v) is 9.08.